The number of anilines is 1. The van der Waals surface area contributed by atoms with Gasteiger partial charge in [-0.15, -0.1) is 11.8 Å². The first kappa shape index (κ1) is 17.0. The number of carboxylic acid groups (broad SMARTS) is 1. The molecule has 0 fully saturated rings. The summed E-state index contributed by atoms with van der Waals surface area (Å²) < 4.78 is 26.0. The lowest BCUT2D eigenvalue weighted by Gasteiger charge is -2.13. The molecule has 0 bridgehead atoms. The largest absolute Gasteiger partial charge is 0.478 e. The molecular weight excluding hydrogens is 324 g/mol. The average Bonchev–Trinajstić information content (AvgIpc) is 2.51. The number of halogens is 2. The monoisotopic (exact) mass is 337 g/mol. The number of thioether (sulfide) groups is 1. The van der Waals surface area contributed by atoms with Crippen LogP contribution < -0.4 is 5.32 Å². The number of aromatic carboxylic acids is 1. The van der Waals surface area contributed by atoms with E-state index in [2.05, 4.69) is 5.32 Å². The molecule has 0 saturated carbocycles. The summed E-state index contributed by atoms with van der Waals surface area (Å²) >= 11 is 1.07. The zero-order valence-corrected chi connectivity index (χ0v) is 12.9. The van der Waals surface area contributed by atoms with Crippen molar-refractivity contribution < 1.29 is 23.5 Å². The van der Waals surface area contributed by atoms with Crippen molar-refractivity contribution in [1.29, 1.82) is 0 Å². The Kier molecular flexibility index (Phi) is 5.33. The van der Waals surface area contributed by atoms with Gasteiger partial charge in [-0.05, 0) is 31.2 Å². The molecule has 0 aliphatic heterocycles. The normalized spacial score (nSPS) is 11.8. The molecule has 0 aliphatic rings. The fourth-order valence-corrected chi connectivity index (χ4v) is 2.79. The Bertz CT molecular complexity index is 752. The number of amides is 1. The molecule has 0 unspecified atom stereocenters. The van der Waals surface area contributed by atoms with Crippen molar-refractivity contribution >= 4 is 29.3 Å². The SMILES string of the molecule is C[C@H](Sc1ccccc1C(=O)O)C(=O)Nc1ccc(F)c(F)c1. The summed E-state index contributed by atoms with van der Waals surface area (Å²) in [7, 11) is 0. The smallest absolute Gasteiger partial charge is 0.336 e. The Hall–Kier alpha value is -2.41. The molecule has 0 heterocycles. The fourth-order valence-electron chi connectivity index (χ4n) is 1.81. The number of carbonyl (C=O) groups is 2. The third-order valence-corrected chi connectivity index (χ3v) is 4.16. The standard InChI is InChI=1S/C16H13F2NO3S/c1-9(23-14-5-3-2-4-11(14)16(21)22)15(20)19-10-6-7-12(17)13(18)8-10/h2-9H,1H3,(H,19,20)(H,21,22)/t9-/m0/s1. The van der Waals surface area contributed by atoms with Gasteiger partial charge in [0.15, 0.2) is 11.6 Å². The van der Waals surface area contributed by atoms with Crippen molar-refractivity contribution in [2.24, 2.45) is 0 Å². The van der Waals surface area contributed by atoms with Crippen molar-refractivity contribution in [3.63, 3.8) is 0 Å². The van der Waals surface area contributed by atoms with Gasteiger partial charge in [0.2, 0.25) is 5.91 Å². The van der Waals surface area contributed by atoms with E-state index in [1.807, 2.05) is 0 Å². The molecular formula is C16H13F2NO3S. The molecule has 120 valence electrons. The molecule has 2 rings (SSSR count). The minimum atomic E-state index is -1.08. The van der Waals surface area contributed by atoms with Gasteiger partial charge in [0, 0.05) is 16.6 Å². The first-order chi connectivity index (χ1) is 10.9. The highest BCUT2D eigenvalue weighted by atomic mass is 32.2. The van der Waals surface area contributed by atoms with E-state index in [1.54, 1.807) is 25.1 Å². The summed E-state index contributed by atoms with van der Waals surface area (Å²) in [5.41, 5.74) is 0.234. The first-order valence-electron chi connectivity index (χ1n) is 6.63. The van der Waals surface area contributed by atoms with Gasteiger partial charge in [0.1, 0.15) is 0 Å². The van der Waals surface area contributed by atoms with Crippen molar-refractivity contribution in [3.8, 4) is 0 Å². The lowest BCUT2D eigenvalue weighted by molar-refractivity contribution is -0.115. The van der Waals surface area contributed by atoms with Gasteiger partial charge in [-0.25, -0.2) is 13.6 Å². The van der Waals surface area contributed by atoms with Gasteiger partial charge in [-0.2, -0.15) is 0 Å². The van der Waals surface area contributed by atoms with Crippen LogP contribution in [0.4, 0.5) is 14.5 Å². The Morgan fingerprint density at radius 1 is 1.13 bits per heavy atom. The van der Waals surface area contributed by atoms with E-state index in [1.165, 1.54) is 12.1 Å². The molecule has 1 amide bonds. The summed E-state index contributed by atoms with van der Waals surface area (Å²) in [4.78, 5) is 23.7. The zero-order valence-electron chi connectivity index (χ0n) is 12.0. The van der Waals surface area contributed by atoms with Gasteiger partial charge in [-0.1, -0.05) is 12.1 Å². The molecule has 0 aromatic heterocycles. The summed E-state index contributed by atoms with van der Waals surface area (Å²) in [6.45, 7) is 1.60. The fraction of sp³-hybridized carbons (Fsp3) is 0.125. The molecule has 4 nitrogen and oxygen atoms in total. The highest BCUT2D eigenvalue weighted by Crippen LogP contribution is 2.27. The van der Waals surface area contributed by atoms with Crippen molar-refractivity contribution in [1.82, 2.24) is 0 Å². The molecule has 1 atom stereocenters. The number of rotatable bonds is 5. The molecule has 2 aromatic rings. The van der Waals surface area contributed by atoms with Crippen LogP contribution in [-0.2, 0) is 4.79 Å². The van der Waals surface area contributed by atoms with Gasteiger partial charge in [-0.3, -0.25) is 4.79 Å². The number of nitrogens with one attached hydrogen (secondary N) is 1. The highest BCUT2D eigenvalue weighted by Gasteiger charge is 2.18. The van der Waals surface area contributed by atoms with E-state index >= 15 is 0 Å². The molecule has 0 aliphatic carbocycles. The van der Waals surface area contributed by atoms with E-state index in [0.717, 1.165) is 23.9 Å². The summed E-state index contributed by atoms with van der Waals surface area (Å²) in [6, 6.07) is 9.38. The Morgan fingerprint density at radius 2 is 1.83 bits per heavy atom. The molecule has 7 heteroatoms. The van der Waals surface area contributed by atoms with Crippen LogP contribution in [0.25, 0.3) is 0 Å². The molecule has 0 radical (unpaired) electrons. The Morgan fingerprint density at radius 3 is 2.48 bits per heavy atom. The Labute approximate surface area is 135 Å². The molecule has 0 spiro atoms. The van der Waals surface area contributed by atoms with Crippen molar-refractivity contribution in [2.45, 2.75) is 17.1 Å². The number of carbonyl (C=O) groups excluding carboxylic acids is 1. The molecule has 23 heavy (non-hydrogen) atoms. The van der Waals surface area contributed by atoms with Gasteiger partial charge in [0.05, 0.1) is 10.8 Å². The van der Waals surface area contributed by atoms with Gasteiger partial charge < -0.3 is 10.4 Å². The van der Waals surface area contributed by atoms with E-state index in [0.29, 0.717) is 4.90 Å². The van der Waals surface area contributed by atoms with Crippen molar-refractivity contribution in [2.75, 3.05) is 5.32 Å². The minimum absolute atomic E-state index is 0.102. The van der Waals surface area contributed by atoms with Crippen LogP contribution in [-0.4, -0.2) is 22.2 Å². The van der Waals surface area contributed by atoms with Crippen molar-refractivity contribution in [3.05, 3.63) is 59.7 Å². The minimum Gasteiger partial charge on any atom is -0.478 e. The summed E-state index contributed by atoms with van der Waals surface area (Å²) in [5, 5.41) is 11.0. The van der Waals surface area contributed by atoms with Crippen LogP contribution in [0.3, 0.4) is 0 Å². The van der Waals surface area contributed by atoms with Gasteiger partial charge >= 0.3 is 5.97 Å². The maximum absolute atomic E-state index is 13.1. The van der Waals surface area contributed by atoms with Crippen LogP contribution in [0.5, 0.6) is 0 Å². The van der Waals surface area contributed by atoms with Crippen LogP contribution in [0.15, 0.2) is 47.4 Å². The lowest BCUT2D eigenvalue weighted by atomic mass is 10.2. The second kappa shape index (κ2) is 7.23. The maximum atomic E-state index is 13.1. The third kappa shape index (κ3) is 4.29. The van der Waals surface area contributed by atoms with E-state index < -0.39 is 28.8 Å². The molecule has 2 N–H and O–H groups in total. The van der Waals surface area contributed by atoms with E-state index in [-0.39, 0.29) is 11.3 Å². The topological polar surface area (TPSA) is 66.4 Å². The maximum Gasteiger partial charge on any atom is 0.336 e. The number of hydrogen-bond donors (Lipinski definition) is 2. The second-order valence-corrected chi connectivity index (χ2v) is 6.06. The van der Waals surface area contributed by atoms with Crippen LogP contribution in [0.1, 0.15) is 17.3 Å². The first-order valence-corrected chi connectivity index (χ1v) is 7.51. The van der Waals surface area contributed by atoms with Crippen LogP contribution in [0.2, 0.25) is 0 Å². The van der Waals surface area contributed by atoms with Gasteiger partial charge in [0.25, 0.3) is 0 Å². The predicted octanol–water partition coefficient (Wildman–Crippen LogP) is 3.78. The predicted molar refractivity (Wildman–Crippen MR) is 83.7 cm³/mol. The van der Waals surface area contributed by atoms with Crippen LogP contribution >= 0.6 is 11.8 Å². The van der Waals surface area contributed by atoms with Crippen LogP contribution in [0, 0.1) is 11.6 Å². The zero-order chi connectivity index (χ0) is 17.0. The lowest BCUT2D eigenvalue weighted by Crippen LogP contribution is -2.22. The Balaban J connectivity index is 2.08. The number of benzene rings is 2. The molecule has 2 aromatic carbocycles. The summed E-state index contributed by atoms with van der Waals surface area (Å²) in [6.07, 6.45) is 0. The highest BCUT2D eigenvalue weighted by molar-refractivity contribution is 8.00. The average molecular weight is 337 g/mol. The molecule has 0 saturated heterocycles. The number of carboxylic acids is 1. The second-order valence-electron chi connectivity index (χ2n) is 4.68. The quantitative estimate of drug-likeness (QED) is 0.815. The van der Waals surface area contributed by atoms with E-state index in [4.69, 9.17) is 5.11 Å². The number of hydrogen-bond acceptors (Lipinski definition) is 3. The van der Waals surface area contributed by atoms with E-state index in [9.17, 15) is 18.4 Å². The third-order valence-electron chi connectivity index (χ3n) is 2.98. The summed E-state index contributed by atoms with van der Waals surface area (Å²) in [5.74, 6) is -3.58.